The Kier molecular flexibility index (Phi) is 5.12. The Morgan fingerprint density at radius 1 is 1.29 bits per heavy atom. The Labute approximate surface area is 126 Å². The van der Waals surface area contributed by atoms with E-state index in [1.54, 1.807) is 6.07 Å². The standard InChI is InChI=1S/C17H24FN3/c1-5-7-17-16(11-21(4)20-17)15-10-13(18)8-9-14(15)12(3)19-6-2/h8-12,19H,5-7H2,1-4H3. The fraction of sp³-hybridized carbons (Fsp3) is 0.471. The third-order valence-electron chi connectivity index (χ3n) is 3.67. The minimum absolute atomic E-state index is 0.181. The van der Waals surface area contributed by atoms with E-state index < -0.39 is 0 Å². The minimum atomic E-state index is -0.205. The molecule has 0 amide bonds. The van der Waals surface area contributed by atoms with Crippen molar-refractivity contribution < 1.29 is 4.39 Å². The number of rotatable bonds is 6. The van der Waals surface area contributed by atoms with Gasteiger partial charge in [0.05, 0.1) is 5.69 Å². The summed E-state index contributed by atoms with van der Waals surface area (Å²) in [6.07, 6.45) is 3.92. The van der Waals surface area contributed by atoms with Crippen LogP contribution in [0.2, 0.25) is 0 Å². The molecule has 0 spiro atoms. The van der Waals surface area contributed by atoms with Gasteiger partial charge in [0.15, 0.2) is 0 Å². The summed E-state index contributed by atoms with van der Waals surface area (Å²) in [7, 11) is 1.91. The molecule has 1 aromatic heterocycles. The van der Waals surface area contributed by atoms with Crippen LogP contribution in [0.4, 0.5) is 4.39 Å². The van der Waals surface area contributed by atoms with E-state index in [0.29, 0.717) is 0 Å². The molecule has 1 N–H and O–H groups in total. The molecule has 3 nitrogen and oxygen atoms in total. The first kappa shape index (κ1) is 15.7. The summed E-state index contributed by atoms with van der Waals surface area (Å²) in [4.78, 5) is 0. The zero-order valence-electron chi connectivity index (χ0n) is 13.3. The molecule has 0 aliphatic rings. The number of hydrogen-bond donors (Lipinski definition) is 1. The smallest absolute Gasteiger partial charge is 0.123 e. The van der Waals surface area contributed by atoms with Gasteiger partial charge >= 0.3 is 0 Å². The Hall–Kier alpha value is -1.68. The van der Waals surface area contributed by atoms with E-state index in [2.05, 4.69) is 31.2 Å². The van der Waals surface area contributed by atoms with E-state index in [1.165, 1.54) is 6.07 Å². The molecule has 0 radical (unpaired) electrons. The van der Waals surface area contributed by atoms with Gasteiger partial charge in [0.2, 0.25) is 0 Å². The summed E-state index contributed by atoms with van der Waals surface area (Å²) in [5.41, 5.74) is 4.14. The van der Waals surface area contributed by atoms with Crippen molar-refractivity contribution in [2.75, 3.05) is 6.54 Å². The van der Waals surface area contributed by atoms with Gasteiger partial charge in [-0.15, -0.1) is 0 Å². The fourth-order valence-corrected chi connectivity index (χ4v) is 2.74. The first-order valence-electron chi connectivity index (χ1n) is 7.62. The number of hydrogen-bond acceptors (Lipinski definition) is 2. The predicted octanol–water partition coefficient (Wildman–Crippen LogP) is 3.85. The van der Waals surface area contributed by atoms with Crippen molar-refractivity contribution in [1.82, 2.24) is 15.1 Å². The molecule has 0 saturated heterocycles. The van der Waals surface area contributed by atoms with Crippen molar-refractivity contribution in [2.24, 2.45) is 7.05 Å². The van der Waals surface area contributed by atoms with E-state index in [1.807, 2.05) is 24.0 Å². The molecule has 1 unspecified atom stereocenters. The molecular weight excluding hydrogens is 265 g/mol. The van der Waals surface area contributed by atoms with E-state index in [4.69, 9.17) is 0 Å². The molecule has 0 bridgehead atoms. The summed E-state index contributed by atoms with van der Waals surface area (Å²) in [6.45, 7) is 7.20. The van der Waals surface area contributed by atoms with E-state index >= 15 is 0 Å². The second kappa shape index (κ2) is 6.85. The van der Waals surface area contributed by atoms with Gasteiger partial charge in [-0.25, -0.2) is 4.39 Å². The molecule has 1 heterocycles. The summed E-state index contributed by atoms with van der Waals surface area (Å²) in [5.74, 6) is -0.205. The molecule has 4 heteroatoms. The van der Waals surface area contributed by atoms with Crippen LogP contribution in [0.5, 0.6) is 0 Å². The zero-order valence-corrected chi connectivity index (χ0v) is 13.3. The first-order valence-corrected chi connectivity index (χ1v) is 7.62. The maximum absolute atomic E-state index is 13.8. The molecule has 0 fully saturated rings. The van der Waals surface area contributed by atoms with Crippen LogP contribution < -0.4 is 5.32 Å². The highest BCUT2D eigenvalue weighted by Crippen LogP contribution is 2.31. The van der Waals surface area contributed by atoms with Crippen LogP contribution in [0, 0.1) is 5.82 Å². The van der Waals surface area contributed by atoms with Crippen molar-refractivity contribution in [2.45, 2.75) is 39.7 Å². The summed E-state index contributed by atoms with van der Waals surface area (Å²) in [6, 6.07) is 5.21. The highest BCUT2D eigenvalue weighted by molar-refractivity contribution is 5.69. The molecule has 0 saturated carbocycles. The van der Waals surface area contributed by atoms with E-state index in [-0.39, 0.29) is 11.9 Å². The van der Waals surface area contributed by atoms with Crippen LogP contribution in [0.1, 0.15) is 44.5 Å². The Bertz CT molecular complexity index is 604. The maximum atomic E-state index is 13.8. The lowest BCUT2D eigenvalue weighted by Crippen LogP contribution is -2.18. The monoisotopic (exact) mass is 289 g/mol. The molecule has 0 aliphatic carbocycles. The zero-order chi connectivity index (χ0) is 15.4. The van der Waals surface area contributed by atoms with Crippen LogP contribution in [-0.4, -0.2) is 16.3 Å². The molecular formula is C17H24FN3. The van der Waals surface area contributed by atoms with Gasteiger partial charge in [-0.05, 0) is 43.1 Å². The van der Waals surface area contributed by atoms with Gasteiger partial charge in [0.25, 0.3) is 0 Å². The Morgan fingerprint density at radius 3 is 2.71 bits per heavy atom. The van der Waals surface area contributed by atoms with Crippen molar-refractivity contribution in [3.63, 3.8) is 0 Å². The molecule has 2 rings (SSSR count). The van der Waals surface area contributed by atoms with E-state index in [0.717, 1.165) is 41.8 Å². The average Bonchev–Trinajstić information content (AvgIpc) is 2.80. The molecule has 21 heavy (non-hydrogen) atoms. The van der Waals surface area contributed by atoms with Gasteiger partial charge in [-0.2, -0.15) is 5.10 Å². The number of benzene rings is 1. The number of nitrogens with zero attached hydrogens (tertiary/aromatic N) is 2. The Balaban J connectivity index is 2.54. The molecule has 114 valence electrons. The van der Waals surface area contributed by atoms with Gasteiger partial charge in [0.1, 0.15) is 5.82 Å². The van der Waals surface area contributed by atoms with Crippen molar-refractivity contribution in [1.29, 1.82) is 0 Å². The van der Waals surface area contributed by atoms with Gasteiger partial charge in [0, 0.05) is 24.8 Å². The predicted molar refractivity (Wildman–Crippen MR) is 84.7 cm³/mol. The number of aryl methyl sites for hydroxylation is 2. The maximum Gasteiger partial charge on any atom is 0.123 e. The highest BCUT2D eigenvalue weighted by Gasteiger charge is 2.17. The average molecular weight is 289 g/mol. The number of halogens is 1. The lowest BCUT2D eigenvalue weighted by molar-refractivity contribution is 0.593. The quantitative estimate of drug-likeness (QED) is 0.875. The summed E-state index contributed by atoms with van der Waals surface area (Å²) < 4.78 is 15.6. The fourth-order valence-electron chi connectivity index (χ4n) is 2.74. The molecule has 1 atom stereocenters. The van der Waals surface area contributed by atoms with Crippen LogP contribution in [0.15, 0.2) is 24.4 Å². The second-order valence-electron chi connectivity index (χ2n) is 5.42. The first-order chi connectivity index (χ1) is 10.1. The van der Waals surface area contributed by atoms with Crippen molar-refractivity contribution in [3.05, 3.63) is 41.5 Å². The number of aromatic nitrogens is 2. The summed E-state index contributed by atoms with van der Waals surface area (Å²) in [5, 5.41) is 7.93. The van der Waals surface area contributed by atoms with Crippen LogP contribution >= 0.6 is 0 Å². The SMILES string of the molecule is CCCc1nn(C)cc1-c1cc(F)ccc1C(C)NCC. The number of nitrogens with one attached hydrogen (secondary N) is 1. The highest BCUT2D eigenvalue weighted by atomic mass is 19.1. The van der Waals surface area contributed by atoms with Crippen LogP contribution in [0.25, 0.3) is 11.1 Å². The van der Waals surface area contributed by atoms with Crippen LogP contribution in [0.3, 0.4) is 0 Å². The van der Waals surface area contributed by atoms with Gasteiger partial charge in [-0.3, -0.25) is 4.68 Å². The van der Waals surface area contributed by atoms with Crippen molar-refractivity contribution >= 4 is 0 Å². The van der Waals surface area contributed by atoms with Crippen molar-refractivity contribution in [3.8, 4) is 11.1 Å². The van der Waals surface area contributed by atoms with E-state index in [9.17, 15) is 4.39 Å². The summed E-state index contributed by atoms with van der Waals surface area (Å²) >= 11 is 0. The third-order valence-corrected chi connectivity index (χ3v) is 3.67. The largest absolute Gasteiger partial charge is 0.310 e. The van der Waals surface area contributed by atoms with Gasteiger partial charge < -0.3 is 5.32 Å². The molecule has 2 aromatic rings. The molecule has 0 aliphatic heterocycles. The normalized spacial score (nSPS) is 12.6. The van der Waals surface area contributed by atoms with Crippen LogP contribution in [-0.2, 0) is 13.5 Å². The molecule has 1 aromatic carbocycles. The lowest BCUT2D eigenvalue weighted by atomic mass is 9.94. The topological polar surface area (TPSA) is 29.9 Å². The third kappa shape index (κ3) is 3.50. The van der Waals surface area contributed by atoms with Gasteiger partial charge in [-0.1, -0.05) is 26.3 Å². The minimum Gasteiger partial charge on any atom is -0.310 e. The lowest BCUT2D eigenvalue weighted by Gasteiger charge is -2.17. The Morgan fingerprint density at radius 2 is 2.05 bits per heavy atom. The second-order valence-corrected chi connectivity index (χ2v) is 5.42.